The van der Waals surface area contributed by atoms with Crippen molar-refractivity contribution < 1.29 is 14.3 Å². The highest BCUT2D eigenvalue weighted by Crippen LogP contribution is 2.42. The van der Waals surface area contributed by atoms with E-state index in [0.29, 0.717) is 31.3 Å². The number of likely N-dealkylation sites (tertiary alicyclic amines) is 3. The molecule has 0 bridgehead atoms. The number of amides is 2. The van der Waals surface area contributed by atoms with Crippen molar-refractivity contribution in [3.05, 3.63) is 70.2 Å². The average Bonchev–Trinajstić information content (AvgIpc) is 3.43. The van der Waals surface area contributed by atoms with Crippen LogP contribution in [-0.2, 0) is 16.1 Å². The summed E-state index contributed by atoms with van der Waals surface area (Å²) < 4.78 is 6.77. The van der Waals surface area contributed by atoms with E-state index in [2.05, 4.69) is 62.1 Å². The maximum absolute atomic E-state index is 12.9. The van der Waals surface area contributed by atoms with Gasteiger partial charge in [0.2, 0.25) is 5.91 Å². The Balaban J connectivity index is 1.20. The predicted octanol–water partition coefficient (Wildman–Crippen LogP) is 5.91. The van der Waals surface area contributed by atoms with Crippen molar-refractivity contribution >= 4 is 27.9 Å². The topological polar surface area (TPSA) is 53.1 Å². The van der Waals surface area contributed by atoms with Crippen LogP contribution < -0.4 is 0 Å². The highest BCUT2D eigenvalue weighted by atomic mass is 79.9. The molecule has 2 amide bonds. The quantitative estimate of drug-likeness (QED) is 0.440. The van der Waals surface area contributed by atoms with E-state index in [0.717, 1.165) is 50.0 Å². The molecule has 2 aromatic rings. The molecule has 3 aliphatic rings. The van der Waals surface area contributed by atoms with Crippen molar-refractivity contribution in [2.45, 2.75) is 58.1 Å². The summed E-state index contributed by atoms with van der Waals surface area (Å²) in [6.45, 7) is 11.7. The van der Waals surface area contributed by atoms with Crippen LogP contribution in [0.5, 0.6) is 0 Å². The van der Waals surface area contributed by atoms with E-state index in [9.17, 15) is 9.59 Å². The molecule has 1 spiro atoms. The molecular weight excluding hydrogens is 542 g/mol. The summed E-state index contributed by atoms with van der Waals surface area (Å²) in [5, 5.41) is 0. The van der Waals surface area contributed by atoms with E-state index in [4.69, 9.17) is 4.74 Å². The van der Waals surface area contributed by atoms with Gasteiger partial charge < -0.3 is 19.4 Å². The first-order valence-electron chi connectivity index (χ1n) is 13.9. The molecule has 0 saturated carbocycles. The first kappa shape index (κ1) is 27.2. The number of hydrogen-bond donors (Lipinski definition) is 0. The van der Waals surface area contributed by atoms with Gasteiger partial charge >= 0.3 is 6.09 Å². The maximum Gasteiger partial charge on any atom is 0.410 e. The second-order valence-electron chi connectivity index (χ2n) is 12.5. The Morgan fingerprint density at radius 2 is 1.71 bits per heavy atom. The minimum Gasteiger partial charge on any atom is -0.444 e. The minimum absolute atomic E-state index is 0.0972. The van der Waals surface area contributed by atoms with E-state index in [1.807, 2.05) is 43.9 Å². The zero-order valence-electron chi connectivity index (χ0n) is 22.9. The SMILES string of the molecule is CC(C)(C)OC(=O)N1CC(CN2CCC3(CC2)CC(=O)N(Cc2ccc(Br)cc2)C3)C(c2ccccc2)C1. The van der Waals surface area contributed by atoms with E-state index in [1.54, 1.807) is 0 Å². The first-order valence-corrected chi connectivity index (χ1v) is 14.7. The number of halogens is 1. The number of nitrogens with zero attached hydrogens (tertiary/aromatic N) is 3. The molecule has 2 aromatic carbocycles. The van der Waals surface area contributed by atoms with E-state index in [-0.39, 0.29) is 17.4 Å². The number of hydrogen-bond acceptors (Lipinski definition) is 4. The fourth-order valence-corrected chi connectivity index (χ4v) is 6.69. The summed E-state index contributed by atoms with van der Waals surface area (Å²) in [7, 11) is 0. The van der Waals surface area contributed by atoms with Gasteiger partial charge in [0.05, 0.1) is 0 Å². The number of rotatable bonds is 5. The van der Waals surface area contributed by atoms with Gasteiger partial charge in [-0.05, 0) is 81.3 Å². The van der Waals surface area contributed by atoms with Crippen LogP contribution in [0.15, 0.2) is 59.1 Å². The normalized spacial score (nSPS) is 23.8. The standard InChI is InChI=1S/C31H40BrN3O3/c1-30(2,3)38-29(37)34-20-25(27(21-34)24-7-5-4-6-8-24)19-33-15-13-31(14-16-33)17-28(36)35(22-31)18-23-9-11-26(32)12-10-23/h4-12,25,27H,13-22H2,1-3H3. The third-order valence-electron chi connectivity index (χ3n) is 8.42. The predicted molar refractivity (Wildman–Crippen MR) is 153 cm³/mol. The Morgan fingerprint density at radius 1 is 1.03 bits per heavy atom. The van der Waals surface area contributed by atoms with Crippen molar-refractivity contribution in [1.82, 2.24) is 14.7 Å². The molecule has 3 heterocycles. The van der Waals surface area contributed by atoms with Gasteiger partial charge in [-0.1, -0.05) is 58.4 Å². The summed E-state index contributed by atoms with van der Waals surface area (Å²) in [5.74, 6) is 0.946. The molecule has 5 rings (SSSR count). The summed E-state index contributed by atoms with van der Waals surface area (Å²) >= 11 is 3.49. The first-order chi connectivity index (χ1) is 18.1. The van der Waals surface area contributed by atoms with Crippen LogP contribution in [-0.4, -0.2) is 71.6 Å². The lowest BCUT2D eigenvalue weighted by atomic mass is 9.77. The van der Waals surface area contributed by atoms with Crippen LogP contribution >= 0.6 is 15.9 Å². The number of carbonyl (C=O) groups is 2. The van der Waals surface area contributed by atoms with Gasteiger partial charge in [-0.25, -0.2) is 4.79 Å². The van der Waals surface area contributed by atoms with Crippen molar-refractivity contribution in [3.63, 3.8) is 0 Å². The second-order valence-corrected chi connectivity index (χ2v) is 13.4. The van der Waals surface area contributed by atoms with Crippen LogP contribution in [0.3, 0.4) is 0 Å². The monoisotopic (exact) mass is 581 g/mol. The van der Waals surface area contributed by atoms with Crippen molar-refractivity contribution in [2.24, 2.45) is 11.3 Å². The molecule has 6 nitrogen and oxygen atoms in total. The summed E-state index contributed by atoms with van der Waals surface area (Å²) in [6, 6.07) is 18.9. The number of carbonyl (C=O) groups excluding carboxylic acids is 2. The molecule has 0 N–H and O–H groups in total. The largest absolute Gasteiger partial charge is 0.444 e. The average molecular weight is 583 g/mol. The Labute approximate surface area is 235 Å². The molecule has 3 saturated heterocycles. The molecule has 204 valence electrons. The third kappa shape index (κ3) is 6.42. The van der Waals surface area contributed by atoms with Gasteiger partial charge in [-0.15, -0.1) is 0 Å². The summed E-state index contributed by atoms with van der Waals surface area (Å²) in [4.78, 5) is 32.4. The van der Waals surface area contributed by atoms with Crippen molar-refractivity contribution in [3.8, 4) is 0 Å². The van der Waals surface area contributed by atoms with Gasteiger partial charge in [0.25, 0.3) is 0 Å². The molecule has 2 unspecified atom stereocenters. The Hall–Kier alpha value is -2.38. The van der Waals surface area contributed by atoms with E-state index < -0.39 is 5.60 Å². The summed E-state index contributed by atoms with van der Waals surface area (Å²) in [5.41, 5.74) is 2.07. The molecule has 0 aromatic heterocycles. The van der Waals surface area contributed by atoms with Crippen LogP contribution in [0.2, 0.25) is 0 Å². The maximum atomic E-state index is 12.9. The highest BCUT2D eigenvalue weighted by Gasteiger charge is 2.46. The van der Waals surface area contributed by atoms with Gasteiger partial charge in [0.1, 0.15) is 5.60 Å². The van der Waals surface area contributed by atoms with Crippen LogP contribution in [0.1, 0.15) is 57.1 Å². The van der Waals surface area contributed by atoms with Gasteiger partial charge in [0, 0.05) is 49.5 Å². The Kier molecular flexibility index (Phi) is 7.88. The minimum atomic E-state index is -0.497. The molecule has 38 heavy (non-hydrogen) atoms. The third-order valence-corrected chi connectivity index (χ3v) is 8.95. The lowest BCUT2D eigenvalue weighted by Gasteiger charge is -2.40. The van der Waals surface area contributed by atoms with Gasteiger partial charge in [0.15, 0.2) is 0 Å². The smallest absolute Gasteiger partial charge is 0.410 e. The molecular formula is C31H40BrN3O3. The fourth-order valence-electron chi connectivity index (χ4n) is 6.42. The molecule has 3 fully saturated rings. The van der Waals surface area contributed by atoms with E-state index in [1.165, 1.54) is 11.1 Å². The van der Waals surface area contributed by atoms with E-state index >= 15 is 0 Å². The highest BCUT2D eigenvalue weighted by molar-refractivity contribution is 9.10. The van der Waals surface area contributed by atoms with Crippen LogP contribution in [0.25, 0.3) is 0 Å². The summed E-state index contributed by atoms with van der Waals surface area (Å²) in [6.07, 6.45) is 2.55. The zero-order valence-corrected chi connectivity index (χ0v) is 24.5. The van der Waals surface area contributed by atoms with Crippen LogP contribution in [0, 0.1) is 11.3 Å². The Morgan fingerprint density at radius 3 is 2.37 bits per heavy atom. The molecule has 0 radical (unpaired) electrons. The number of piperidine rings is 1. The molecule has 2 atom stereocenters. The van der Waals surface area contributed by atoms with Gasteiger partial charge in [-0.2, -0.15) is 0 Å². The van der Waals surface area contributed by atoms with Crippen molar-refractivity contribution in [2.75, 3.05) is 39.3 Å². The number of benzene rings is 2. The van der Waals surface area contributed by atoms with Crippen molar-refractivity contribution in [1.29, 1.82) is 0 Å². The zero-order chi connectivity index (χ0) is 26.9. The molecule has 7 heteroatoms. The molecule has 3 aliphatic heterocycles. The second kappa shape index (κ2) is 11.0. The van der Waals surface area contributed by atoms with Gasteiger partial charge in [-0.3, -0.25) is 4.79 Å². The molecule has 0 aliphatic carbocycles. The van der Waals surface area contributed by atoms with Crippen LogP contribution in [0.4, 0.5) is 4.79 Å². The lowest BCUT2D eigenvalue weighted by Crippen LogP contribution is -2.44. The Bertz CT molecular complexity index is 1120. The fraction of sp³-hybridized carbons (Fsp3) is 0.548. The lowest BCUT2D eigenvalue weighted by molar-refractivity contribution is -0.128. The number of ether oxygens (including phenoxy) is 1.